The summed E-state index contributed by atoms with van der Waals surface area (Å²) in [4.78, 5) is 16.4. The Bertz CT molecular complexity index is 969. The number of hydrogen-bond donors (Lipinski definition) is 3. The Kier molecular flexibility index (Phi) is 5.88. The van der Waals surface area contributed by atoms with Gasteiger partial charge in [0.15, 0.2) is 5.83 Å². The number of rotatable bonds is 5. The van der Waals surface area contributed by atoms with Gasteiger partial charge in [-0.1, -0.05) is 12.1 Å². The minimum Gasteiger partial charge on any atom is -0.481 e. The second-order valence-corrected chi connectivity index (χ2v) is 5.68. The molecule has 0 spiro atoms. The number of methoxy groups -OCH3 is 1. The van der Waals surface area contributed by atoms with Gasteiger partial charge in [-0.25, -0.2) is 9.37 Å². The second kappa shape index (κ2) is 8.10. The van der Waals surface area contributed by atoms with Crippen LogP contribution in [0.4, 0.5) is 15.8 Å². The van der Waals surface area contributed by atoms with E-state index in [9.17, 15) is 14.4 Å². The zero-order valence-electron chi connectivity index (χ0n) is 15.1. The lowest BCUT2D eigenvalue weighted by atomic mass is 10.0. The fraction of sp³-hybridized carbons (Fsp3) is 0.158. The Morgan fingerprint density at radius 2 is 2.07 bits per heavy atom. The van der Waals surface area contributed by atoms with Crippen molar-refractivity contribution in [2.24, 2.45) is 0 Å². The summed E-state index contributed by atoms with van der Waals surface area (Å²) in [7, 11) is 1.48. The summed E-state index contributed by atoms with van der Waals surface area (Å²) in [5.74, 6) is -1.69. The van der Waals surface area contributed by atoms with Gasteiger partial charge in [-0.2, -0.15) is 5.26 Å². The number of hydrogen-bond acceptors (Lipinski definition) is 6. The van der Waals surface area contributed by atoms with E-state index in [-0.39, 0.29) is 16.8 Å². The molecule has 4 N–H and O–H groups in total. The molecule has 138 valence electrons. The number of nitriles is 1. The van der Waals surface area contributed by atoms with Gasteiger partial charge in [-0.15, -0.1) is 0 Å². The Labute approximate surface area is 155 Å². The molecule has 0 saturated carbocycles. The van der Waals surface area contributed by atoms with Crippen LogP contribution in [0.3, 0.4) is 0 Å². The van der Waals surface area contributed by atoms with E-state index in [0.29, 0.717) is 28.4 Å². The average molecular weight is 367 g/mol. The number of pyridine rings is 1. The summed E-state index contributed by atoms with van der Waals surface area (Å²) in [6.45, 7) is 3.40. The van der Waals surface area contributed by atoms with Crippen molar-refractivity contribution >= 4 is 29.6 Å². The van der Waals surface area contributed by atoms with Crippen LogP contribution in [0, 0.1) is 30.6 Å². The van der Waals surface area contributed by atoms with Crippen molar-refractivity contribution in [3.8, 4) is 11.9 Å². The first kappa shape index (κ1) is 19.6. The van der Waals surface area contributed by atoms with Gasteiger partial charge >= 0.3 is 0 Å². The maximum atomic E-state index is 14.4. The van der Waals surface area contributed by atoms with Crippen LogP contribution in [-0.2, 0) is 4.79 Å². The van der Waals surface area contributed by atoms with Crippen molar-refractivity contribution in [2.45, 2.75) is 13.8 Å². The van der Waals surface area contributed by atoms with Crippen LogP contribution in [0.5, 0.6) is 5.88 Å². The molecule has 0 fully saturated rings. The number of aryl methyl sites for hydroxylation is 2. The third-order valence-corrected chi connectivity index (χ3v) is 3.90. The number of aromatic nitrogens is 1. The molecule has 0 radical (unpaired) electrons. The highest BCUT2D eigenvalue weighted by atomic mass is 19.1. The maximum Gasteiger partial charge on any atom is 0.284 e. The SMILES string of the molecule is COc1cc(C)c(NC(=O)/C(F)=C/c2ccc(C=N)c(N)c2C#N)c(C)n1. The average Bonchev–Trinajstić information content (AvgIpc) is 2.64. The number of amides is 1. The molecule has 0 bridgehead atoms. The van der Waals surface area contributed by atoms with Gasteiger partial charge in [-0.3, -0.25) is 4.79 Å². The zero-order valence-corrected chi connectivity index (χ0v) is 15.1. The van der Waals surface area contributed by atoms with Gasteiger partial charge in [0.25, 0.3) is 5.91 Å². The van der Waals surface area contributed by atoms with Crippen LogP contribution < -0.4 is 15.8 Å². The van der Waals surface area contributed by atoms with E-state index >= 15 is 0 Å². The first-order chi connectivity index (χ1) is 12.8. The molecule has 8 heteroatoms. The Morgan fingerprint density at radius 1 is 1.41 bits per heavy atom. The van der Waals surface area contributed by atoms with Gasteiger partial charge in [0, 0.05) is 17.8 Å². The number of halogens is 1. The lowest BCUT2D eigenvalue weighted by Crippen LogP contribution is -2.15. The van der Waals surface area contributed by atoms with E-state index in [1.165, 1.54) is 19.2 Å². The van der Waals surface area contributed by atoms with Gasteiger partial charge in [-0.05, 0) is 31.1 Å². The molecule has 27 heavy (non-hydrogen) atoms. The Hall–Kier alpha value is -3.73. The second-order valence-electron chi connectivity index (χ2n) is 5.68. The van der Waals surface area contributed by atoms with Crippen molar-refractivity contribution in [3.63, 3.8) is 0 Å². The first-order valence-electron chi connectivity index (χ1n) is 7.86. The standard InChI is InChI=1S/C19H18FN5O2/c1-10-6-16(27-3)24-11(2)18(10)25-19(26)15(20)7-12-4-5-13(8-21)17(23)14(12)9-22/h4-8,21H,23H2,1-3H3,(H,25,26)/b15-7-,21-8?. The predicted octanol–water partition coefficient (Wildman–Crippen LogP) is 3.11. The van der Waals surface area contributed by atoms with E-state index in [1.807, 2.05) is 6.07 Å². The minimum absolute atomic E-state index is 0.00238. The van der Waals surface area contributed by atoms with Gasteiger partial charge in [0.2, 0.25) is 5.88 Å². The molecule has 1 aromatic carbocycles. The molecule has 1 aromatic heterocycles. The predicted molar refractivity (Wildman–Crippen MR) is 101 cm³/mol. The van der Waals surface area contributed by atoms with Gasteiger partial charge in [0.05, 0.1) is 29.7 Å². The Balaban J connectivity index is 2.35. The van der Waals surface area contributed by atoms with E-state index in [4.69, 9.17) is 15.9 Å². The summed E-state index contributed by atoms with van der Waals surface area (Å²) in [5.41, 5.74) is 7.86. The third-order valence-electron chi connectivity index (χ3n) is 3.90. The number of nitrogens with zero attached hydrogens (tertiary/aromatic N) is 2. The number of nitrogen functional groups attached to an aromatic ring is 1. The van der Waals surface area contributed by atoms with E-state index in [2.05, 4.69) is 10.3 Å². The molecule has 0 aliphatic heterocycles. The molecule has 0 aliphatic carbocycles. The van der Waals surface area contributed by atoms with Gasteiger partial charge in [0.1, 0.15) is 6.07 Å². The molecule has 0 aliphatic rings. The van der Waals surface area contributed by atoms with E-state index in [1.54, 1.807) is 19.9 Å². The van der Waals surface area contributed by atoms with E-state index < -0.39 is 11.7 Å². The number of carbonyl (C=O) groups excluding carboxylic acids is 1. The molecule has 2 rings (SSSR count). The summed E-state index contributed by atoms with van der Waals surface area (Å²) >= 11 is 0. The lowest BCUT2D eigenvalue weighted by Gasteiger charge is -2.12. The number of nitrogens with two attached hydrogens (primary N) is 1. The van der Waals surface area contributed by atoms with Gasteiger partial charge < -0.3 is 21.2 Å². The number of nitrogens with one attached hydrogen (secondary N) is 2. The number of anilines is 2. The smallest absolute Gasteiger partial charge is 0.284 e. The molecular weight excluding hydrogens is 349 g/mol. The largest absolute Gasteiger partial charge is 0.481 e. The fourth-order valence-electron chi connectivity index (χ4n) is 2.49. The molecule has 0 saturated heterocycles. The van der Waals surface area contributed by atoms with E-state index in [0.717, 1.165) is 12.3 Å². The van der Waals surface area contributed by atoms with Crippen LogP contribution in [0.2, 0.25) is 0 Å². The third kappa shape index (κ3) is 4.10. The number of benzene rings is 1. The lowest BCUT2D eigenvalue weighted by molar-refractivity contribution is -0.114. The molecule has 0 unspecified atom stereocenters. The highest BCUT2D eigenvalue weighted by Gasteiger charge is 2.16. The quantitative estimate of drug-likeness (QED) is 0.425. The van der Waals surface area contributed by atoms with Crippen molar-refractivity contribution in [1.82, 2.24) is 4.98 Å². The fourth-order valence-corrected chi connectivity index (χ4v) is 2.49. The normalized spacial score (nSPS) is 10.9. The Morgan fingerprint density at radius 3 is 2.63 bits per heavy atom. The summed E-state index contributed by atoms with van der Waals surface area (Å²) in [6, 6.07) is 6.39. The molecule has 1 amide bonds. The molecule has 7 nitrogen and oxygen atoms in total. The first-order valence-corrected chi connectivity index (χ1v) is 7.86. The van der Waals surface area contributed by atoms with Crippen LogP contribution in [0.25, 0.3) is 6.08 Å². The van der Waals surface area contributed by atoms with Crippen molar-refractivity contribution in [1.29, 1.82) is 10.7 Å². The highest BCUT2D eigenvalue weighted by molar-refractivity contribution is 6.06. The summed E-state index contributed by atoms with van der Waals surface area (Å²) in [5, 5.41) is 19.0. The highest BCUT2D eigenvalue weighted by Crippen LogP contribution is 2.25. The van der Waals surface area contributed by atoms with Crippen molar-refractivity contribution in [3.05, 3.63) is 52.0 Å². The van der Waals surface area contributed by atoms with Crippen molar-refractivity contribution < 1.29 is 13.9 Å². The monoisotopic (exact) mass is 367 g/mol. The molecule has 1 heterocycles. The zero-order chi connectivity index (χ0) is 20.1. The number of ether oxygens (including phenoxy) is 1. The molecule has 2 aromatic rings. The number of carbonyl (C=O) groups is 1. The van der Waals surface area contributed by atoms with Crippen LogP contribution >= 0.6 is 0 Å². The van der Waals surface area contributed by atoms with Crippen molar-refractivity contribution in [2.75, 3.05) is 18.2 Å². The molecule has 0 atom stereocenters. The van der Waals surface area contributed by atoms with Crippen LogP contribution in [0.15, 0.2) is 24.0 Å². The molecular formula is C19H18FN5O2. The minimum atomic E-state index is -1.09. The topological polar surface area (TPSA) is 125 Å². The summed E-state index contributed by atoms with van der Waals surface area (Å²) < 4.78 is 19.5. The summed E-state index contributed by atoms with van der Waals surface area (Å²) in [6.07, 6.45) is 1.93. The van der Waals surface area contributed by atoms with Crippen LogP contribution in [0.1, 0.15) is 27.9 Å². The maximum absolute atomic E-state index is 14.4. The van der Waals surface area contributed by atoms with Crippen LogP contribution in [-0.4, -0.2) is 24.2 Å².